The van der Waals surface area contributed by atoms with Gasteiger partial charge in [0.1, 0.15) is 5.69 Å². The third-order valence-electron chi connectivity index (χ3n) is 4.46. The molecule has 0 aliphatic rings. The Morgan fingerprint density at radius 1 is 1.24 bits per heavy atom. The van der Waals surface area contributed by atoms with Gasteiger partial charge < -0.3 is 10.2 Å². The zero-order valence-corrected chi connectivity index (χ0v) is 16.2. The van der Waals surface area contributed by atoms with E-state index >= 15 is 0 Å². The molecule has 0 aliphatic heterocycles. The molecule has 1 aromatic carbocycles. The second kappa shape index (κ2) is 8.30. The number of hydrogen-bond acceptors (Lipinski definition) is 3. The number of amides is 1. The molecule has 2 aromatic rings. The predicted octanol–water partition coefficient (Wildman–Crippen LogP) is 3.37. The van der Waals surface area contributed by atoms with Gasteiger partial charge in [0.15, 0.2) is 0 Å². The molecule has 0 aliphatic carbocycles. The van der Waals surface area contributed by atoms with Gasteiger partial charge in [-0.25, -0.2) is 0 Å². The van der Waals surface area contributed by atoms with E-state index in [4.69, 9.17) is 0 Å². The summed E-state index contributed by atoms with van der Waals surface area (Å²) in [5, 5.41) is 7.60. The Morgan fingerprint density at radius 2 is 1.88 bits per heavy atom. The van der Waals surface area contributed by atoms with Gasteiger partial charge in [0.05, 0.1) is 11.7 Å². The van der Waals surface area contributed by atoms with E-state index in [1.54, 1.807) is 4.68 Å². The first-order valence-electron chi connectivity index (χ1n) is 8.92. The minimum absolute atomic E-state index is 0.0692. The largest absolute Gasteiger partial charge is 0.349 e. The maximum atomic E-state index is 12.7. The van der Waals surface area contributed by atoms with Gasteiger partial charge in [0.25, 0.3) is 5.91 Å². The zero-order chi connectivity index (χ0) is 18.6. The van der Waals surface area contributed by atoms with Crippen LogP contribution in [-0.4, -0.2) is 41.2 Å². The van der Waals surface area contributed by atoms with Crippen LogP contribution in [0.3, 0.4) is 0 Å². The average Bonchev–Trinajstić information content (AvgIpc) is 3.01. The third kappa shape index (κ3) is 4.69. The second-order valence-corrected chi connectivity index (χ2v) is 7.03. The standard InChI is InChI=1S/C20H30N4O/c1-7-24-18(12-17(22-24)14(2)3)20(25)21-13-19(23(5)6)16-10-8-15(4)9-11-16/h8-12,14,19H,7,13H2,1-6H3,(H,21,25)/t19-/m0/s1. The van der Waals surface area contributed by atoms with Crippen molar-refractivity contribution in [1.29, 1.82) is 0 Å². The quantitative estimate of drug-likeness (QED) is 0.839. The molecule has 0 saturated carbocycles. The molecule has 0 radical (unpaired) electrons. The van der Waals surface area contributed by atoms with Crippen LogP contribution >= 0.6 is 0 Å². The van der Waals surface area contributed by atoms with E-state index in [0.29, 0.717) is 24.7 Å². The molecule has 136 valence electrons. The monoisotopic (exact) mass is 342 g/mol. The average molecular weight is 342 g/mol. The van der Waals surface area contributed by atoms with E-state index in [2.05, 4.69) is 60.4 Å². The molecule has 0 spiro atoms. The Balaban J connectivity index is 2.12. The molecule has 0 saturated heterocycles. The fourth-order valence-electron chi connectivity index (χ4n) is 2.81. The van der Waals surface area contributed by atoms with E-state index in [1.807, 2.05) is 27.1 Å². The van der Waals surface area contributed by atoms with E-state index in [0.717, 1.165) is 5.69 Å². The van der Waals surface area contributed by atoms with Gasteiger partial charge in [0, 0.05) is 13.1 Å². The Bertz CT molecular complexity index is 701. The number of rotatable bonds is 7. The van der Waals surface area contributed by atoms with Gasteiger partial charge in [0.2, 0.25) is 0 Å². The molecule has 25 heavy (non-hydrogen) atoms. The van der Waals surface area contributed by atoms with E-state index < -0.39 is 0 Å². The van der Waals surface area contributed by atoms with Crippen LogP contribution < -0.4 is 5.32 Å². The molecule has 1 N–H and O–H groups in total. The van der Waals surface area contributed by atoms with Crippen molar-refractivity contribution in [3.05, 3.63) is 52.8 Å². The lowest BCUT2D eigenvalue weighted by atomic mass is 10.0. The molecular formula is C20H30N4O. The molecule has 1 heterocycles. The summed E-state index contributed by atoms with van der Waals surface area (Å²) in [4.78, 5) is 14.8. The summed E-state index contributed by atoms with van der Waals surface area (Å²) in [6.45, 7) is 9.50. The van der Waals surface area contributed by atoms with Gasteiger partial charge in [-0.2, -0.15) is 5.10 Å². The van der Waals surface area contributed by atoms with E-state index in [9.17, 15) is 4.79 Å². The minimum atomic E-state index is -0.0692. The Kier molecular flexibility index (Phi) is 6.37. The second-order valence-electron chi connectivity index (χ2n) is 7.03. The normalized spacial score (nSPS) is 12.6. The number of hydrogen-bond donors (Lipinski definition) is 1. The van der Waals surface area contributed by atoms with Gasteiger partial charge in [-0.1, -0.05) is 43.7 Å². The first-order chi connectivity index (χ1) is 11.8. The van der Waals surface area contributed by atoms with Crippen molar-refractivity contribution < 1.29 is 4.79 Å². The molecule has 1 atom stereocenters. The summed E-state index contributed by atoms with van der Waals surface area (Å²) in [5.41, 5.74) is 4.02. The Labute approximate surface area is 151 Å². The maximum Gasteiger partial charge on any atom is 0.269 e. The number of carbonyl (C=O) groups is 1. The fraction of sp³-hybridized carbons (Fsp3) is 0.500. The van der Waals surface area contributed by atoms with Crippen LogP contribution in [0, 0.1) is 6.92 Å². The summed E-state index contributed by atoms with van der Waals surface area (Å²) in [5.74, 6) is 0.238. The van der Waals surface area contributed by atoms with Gasteiger partial charge in [-0.3, -0.25) is 9.48 Å². The smallest absolute Gasteiger partial charge is 0.269 e. The first kappa shape index (κ1) is 19.2. The molecule has 0 bridgehead atoms. The van der Waals surface area contributed by atoms with E-state index in [1.165, 1.54) is 11.1 Å². The number of carbonyl (C=O) groups excluding carboxylic acids is 1. The van der Waals surface area contributed by atoms with Crippen LogP contribution in [0.25, 0.3) is 0 Å². The summed E-state index contributed by atoms with van der Waals surface area (Å²) in [7, 11) is 4.06. The molecule has 2 rings (SSSR count). The first-order valence-corrected chi connectivity index (χ1v) is 8.92. The highest BCUT2D eigenvalue weighted by Crippen LogP contribution is 2.19. The molecule has 1 amide bonds. The lowest BCUT2D eigenvalue weighted by Crippen LogP contribution is -2.35. The number of aryl methyl sites for hydroxylation is 2. The highest BCUT2D eigenvalue weighted by atomic mass is 16.2. The summed E-state index contributed by atoms with van der Waals surface area (Å²) in [6.07, 6.45) is 0. The van der Waals surface area contributed by atoms with Crippen molar-refractivity contribution in [2.75, 3.05) is 20.6 Å². The van der Waals surface area contributed by atoms with Crippen molar-refractivity contribution in [1.82, 2.24) is 20.0 Å². The molecule has 0 unspecified atom stereocenters. The summed E-state index contributed by atoms with van der Waals surface area (Å²) < 4.78 is 1.78. The van der Waals surface area contributed by atoms with Gasteiger partial charge in [-0.05, 0) is 45.5 Å². The van der Waals surface area contributed by atoms with Gasteiger partial charge >= 0.3 is 0 Å². The molecular weight excluding hydrogens is 312 g/mol. The highest BCUT2D eigenvalue weighted by molar-refractivity contribution is 5.92. The van der Waals surface area contributed by atoms with Crippen molar-refractivity contribution in [3.8, 4) is 0 Å². The molecule has 5 heteroatoms. The zero-order valence-electron chi connectivity index (χ0n) is 16.2. The van der Waals surface area contributed by atoms with Crippen molar-refractivity contribution >= 4 is 5.91 Å². The minimum Gasteiger partial charge on any atom is -0.349 e. The topological polar surface area (TPSA) is 50.2 Å². The summed E-state index contributed by atoms with van der Waals surface area (Å²) in [6, 6.07) is 10.5. The van der Waals surface area contributed by atoms with Gasteiger partial charge in [-0.15, -0.1) is 0 Å². The Morgan fingerprint density at radius 3 is 2.40 bits per heavy atom. The third-order valence-corrected chi connectivity index (χ3v) is 4.46. The van der Waals surface area contributed by atoms with Crippen LogP contribution in [0.15, 0.2) is 30.3 Å². The molecule has 1 aromatic heterocycles. The van der Waals surface area contributed by atoms with Crippen molar-refractivity contribution in [2.45, 2.75) is 46.2 Å². The van der Waals surface area contributed by atoms with Crippen LogP contribution in [0.4, 0.5) is 0 Å². The van der Waals surface area contributed by atoms with Crippen LogP contribution in [0.1, 0.15) is 60.0 Å². The number of aromatic nitrogens is 2. The fourth-order valence-corrected chi connectivity index (χ4v) is 2.81. The molecule has 0 fully saturated rings. The summed E-state index contributed by atoms with van der Waals surface area (Å²) >= 11 is 0. The number of benzene rings is 1. The van der Waals surface area contributed by atoms with Crippen LogP contribution in [0.5, 0.6) is 0 Å². The maximum absolute atomic E-state index is 12.7. The lowest BCUT2D eigenvalue weighted by molar-refractivity contribution is 0.0931. The number of likely N-dealkylation sites (N-methyl/N-ethyl adjacent to an activating group) is 1. The predicted molar refractivity (Wildman–Crippen MR) is 102 cm³/mol. The van der Waals surface area contributed by atoms with Crippen molar-refractivity contribution in [2.24, 2.45) is 0 Å². The SMILES string of the molecule is CCn1nc(C(C)C)cc1C(=O)NC[C@@H](c1ccc(C)cc1)N(C)C. The van der Waals surface area contributed by atoms with Crippen LogP contribution in [0.2, 0.25) is 0 Å². The number of nitrogens with one attached hydrogen (secondary N) is 1. The van der Waals surface area contributed by atoms with E-state index in [-0.39, 0.29) is 11.9 Å². The Hall–Kier alpha value is -2.14. The number of nitrogens with zero attached hydrogens (tertiary/aromatic N) is 3. The van der Waals surface area contributed by atoms with Crippen LogP contribution in [-0.2, 0) is 6.54 Å². The lowest BCUT2D eigenvalue weighted by Gasteiger charge is -2.25. The highest BCUT2D eigenvalue weighted by Gasteiger charge is 2.19. The van der Waals surface area contributed by atoms with Crippen molar-refractivity contribution in [3.63, 3.8) is 0 Å². The molecule has 5 nitrogen and oxygen atoms in total.